The van der Waals surface area contributed by atoms with E-state index in [1.165, 1.54) is 0 Å². The minimum atomic E-state index is -1.03. The van der Waals surface area contributed by atoms with Crippen LogP contribution in [0.1, 0.15) is 42.1 Å². The fourth-order valence-corrected chi connectivity index (χ4v) is 2.57. The first-order chi connectivity index (χ1) is 9.44. The summed E-state index contributed by atoms with van der Waals surface area (Å²) in [5.74, 6) is -1.20. The third kappa shape index (κ3) is 2.82. The van der Waals surface area contributed by atoms with E-state index in [1.54, 1.807) is 25.1 Å². The van der Waals surface area contributed by atoms with Crippen molar-refractivity contribution in [1.82, 2.24) is 5.32 Å². The maximum absolute atomic E-state index is 12.4. The van der Waals surface area contributed by atoms with Gasteiger partial charge in [-0.2, -0.15) is 0 Å². The number of hydrogen-bond acceptors (Lipinski definition) is 3. The molecule has 0 saturated carbocycles. The van der Waals surface area contributed by atoms with Crippen molar-refractivity contribution in [2.75, 3.05) is 11.9 Å². The van der Waals surface area contributed by atoms with E-state index >= 15 is 0 Å². The molecule has 2 rings (SSSR count). The van der Waals surface area contributed by atoms with Crippen LogP contribution in [0.3, 0.4) is 0 Å². The molecule has 1 saturated heterocycles. The molecule has 3 N–H and O–H groups in total. The zero-order valence-electron chi connectivity index (χ0n) is 11.8. The van der Waals surface area contributed by atoms with E-state index in [9.17, 15) is 14.7 Å². The summed E-state index contributed by atoms with van der Waals surface area (Å²) in [5.41, 5.74) is 0.519. The Hall–Kier alpha value is -1.88. The topological polar surface area (TPSA) is 78.4 Å². The molecule has 1 unspecified atom stereocenters. The molecule has 0 aliphatic carbocycles. The van der Waals surface area contributed by atoms with Crippen LogP contribution in [0.2, 0.25) is 0 Å². The highest BCUT2D eigenvalue weighted by Gasteiger charge is 2.34. The van der Waals surface area contributed by atoms with Crippen LogP contribution in [0.25, 0.3) is 0 Å². The van der Waals surface area contributed by atoms with Crippen molar-refractivity contribution in [3.63, 3.8) is 0 Å². The van der Waals surface area contributed by atoms with Crippen molar-refractivity contribution in [2.24, 2.45) is 0 Å². The first kappa shape index (κ1) is 14.5. The van der Waals surface area contributed by atoms with Gasteiger partial charge in [0.15, 0.2) is 0 Å². The quantitative estimate of drug-likeness (QED) is 0.790. The number of carbonyl (C=O) groups excluding carboxylic acids is 1. The normalized spacial score (nSPS) is 22.3. The van der Waals surface area contributed by atoms with Crippen molar-refractivity contribution >= 4 is 17.6 Å². The van der Waals surface area contributed by atoms with Crippen LogP contribution in [-0.2, 0) is 4.79 Å². The van der Waals surface area contributed by atoms with Gasteiger partial charge in [0, 0.05) is 0 Å². The van der Waals surface area contributed by atoms with E-state index in [2.05, 4.69) is 10.6 Å². The smallest absolute Gasteiger partial charge is 0.338 e. The molecule has 5 nitrogen and oxygen atoms in total. The van der Waals surface area contributed by atoms with Gasteiger partial charge in [0.1, 0.15) is 0 Å². The number of nitrogens with one attached hydrogen (secondary N) is 2. The van der Waals surface area contributed by atoms with Crippen molar-refractivity contribution < 1.29 is 14.7 Å². The Morgan fingerprint density at radius 3 is 2.70 bits per heavy atom. The highest BCUT2D eigenvalue weighted by molar-refractivity contribution is 6.04. The Kier molecular flexibility index (Phi) is 4.09. The second kappa shape index (κ2) is 5.63. The number of carbonyl (C=O) groups is 2. The summed E-state index contributed by atoms with van der Waals surface area (Å²) in [7, 11) is 0. The third-order valence-corrected chi connectivity index (χ3v) is 3.85. The lowest BCUT2D eigenvalue weighted by atomic mass is 9.90. The van der Waals surface area contributed by atoms with E-state index in [0.29, 0.717) is 11.3 Å². The lowest BCUT2D eigenvalue weighted by molar-refractivity contribution is -0.122. The Bertz CT molecular complexity index is 534. The number of aromatic carboxylic acids is 1. The van der Waals surface area contributed by atoms with E-state index in [0.717, 1.165) is 25.8 Å². The number of carboxylic acid groups (broad SMARTS) is 1. The minimum Gasteiger partial charge on any atom is -0.478 e. The monoisotopic (exact) mass is 276 g/mol. The molecule has 20 heavy (non-hydrogen) atoms. The minimum absolute atomic E-state index is 0.153. The molecular weight excluding hydrogens is 256 g/mol. The van der Waals surface area contributed by atoms with Gasteiger partial charge in [-0.05, 0) is 51.3 Å². The lowest BCUT2D eigenvalue weighted by Gasteiger charge is -2.33. The number of aryl methyl sites for hydroxylation is 1. The summed E-state index contributed by atoms with van der Waals surface area (Å²) in [6, 6.07) is 5.09. The molecule has 1 aliphatic heterocycles. The number of benzene rings is 1. The van der Waals surface area contributed by atoms with Gasteiger partial charge in [-0.15, -0.1) is 0 Å². The molecule has 1 atom stereocenters. The van der Waals surface area contributed by atoms with Crippen molar-refractivity contribution in [3.8, 4) is 0 Å². The van der Waals surface area contributed by atoms with Crippen LogP contribution < -0.4 is 10.6 Å². The number of piperidine rings is 1. The molecule has 1 fully saturated rings. The van der Waals surface area contributed by atoms with Crippen LogP contribution >= 0.6 is 0 Å². The zero-order valence-corrected chi connectivity index (χ0v) is 11.8. The molecule has 0 spiro atoms. The lowest BCUT2D eigenvalue weighted by Crippen LogP contribution is -2.54. The second-order valence-corrected chi connectivity index (χ2v) is 5.47. The SMILES string of the molecule is Cc1cccc(NC(=O)C2(C)CCCCN2)c1C(=O)O. The molecule has 1 aliphatic rings. The molecule has 1 aromatic carbocycles. The summed E-state index contributed by atoms with van der Waals surface area (Å²) in [4.78, 5) is 23.7. The Labute approximate surface area is 118 Å². The van der Waals surface area contributed by atoms with Gasteiger partial charge in [-0.1, -0.05) is 12.1 Å². The first-order valence-electron chi connectivity index (χ1n) is 6.83. The fraction of sp³-hybridized carbons (Fsp3) is 0.467. The highest BCUT2D eigenvalue weighted by atomic mass is 16.4. The Morgan fingerprint density at radius 2 is 2.10 bits per heavy atom. The molecule has 1 heterocycles. The molecule has 1 aromatic rings. The zero-order chi connectivity index (χ0) is 14.8. The van der Waals surface area contributed by atoms with Gasteiger partial charge in [0.25, 0.3) is 0 Å². The summed E-state index contributed by atoms with van der Waals surface area (Å²) in [5, 5.41) is 15.2. The molecule has 5 heteroatoms. The maximum Gasteiger partial charge on any atom is 0.338 e. The number of anilines is 1. The predicted octanol–water partition coefficient (Wildman–Crippen LogP) is 2.16. The summed E-state index contributed by atoms with van der Waals surface area (Å²) in [6.45, 7) is 4.39. The van der Waals surface area contributed by atoms with Crippen molar-refractivity contribution in [2.45, 2.75) is 38.6 Å². The Balaban J connectivity index is 2.24. The largest absolute Gasteiger partial charge is 0.478 e. The van der Waals surface area contributed by atoms with Crippen molar-refractivity contribution in [1.29, 1.82) is 0 Å². The first-order valence-corrected chi connectivity index (χ1v) is 6.83. The van der Waals surface area contributed by atoms with E-state index < -0.39 is 11.5 Å². The second-order valence-electron chi connectivity index (χ2n) is 5.47. The molecule has 0 radical (unpaired) electrons. The maximum atomic E-state index is 12.4. The van der Waals surface area contributed by atoms with Gasteiger partial charge in [0.2, 0.25) is 5.91 Å². The average molecular weight is 276 g/mol. The number of rotatable bonds is 3. The van der Waals surface area contributed by atoms with Crippen LogP contribution in [0.4, 0.5) is 5.69 Å². The molecule has 1 amide bonds. The van der Waals surface area contributed by atoms with Crippen LogP contribution in [0, 0.1) is 6.92 Å². The third-order valence-electron chi connectivity index (χ3n) is 3.85. The summed E-state index contributed by atoms with van der Waals surface area (Å²) < 4.78 is 0. The standard InChI is InChI=1S/C15H20N2O3/c1-10-6-5-7-11(12(10)13(18)19)17-14(20)15(2)8-3-4-9-16-15/h5-7,16H,3-4,8-9H2,1-2H3,(H,17,20)(H,18,19). The van der Waals surface area contributed by atoms with Gasteiger partial charge in [0.05, 0.1) is 16.8 Å². The molecule has 0 bridgehead atoms. The molecular formula is C15H20N2O3. The fourth-order valence-electron chi connectivity index (χ4n) is 2.57. The van der Waals surface area contributed by atoms with Gasteiger partial charge in [-0.25, -0.2) is 4.79 Å². The summed E-state index contributed by atoms with van der Waals surface area (Å²) >= 11 is 0. The molecule has 108 valence electrons. The number of hydrogen-bond donors (Lipinski definition) is 3. The number of amides is 1. The van der Waals surface area contributed by atoms with Crippen LogP contribution in [0.5, 0.6) is 0 Å². The highest BCUT2D eigenvalue weighted by Crippen LogP contribution is 2.24. The van der Waals surface area contributed by atoms with Gasteiger partial charge >= 0.3 is 5.97 Å². The van der Waals surface area contributed by atoms with Crippen molar-refractivity contribution in [3.05, 3.63) is 29.3 Å². The summed E-state index contributed by atoms with van der Waals surface area (Å²) in [6.07, 6.45) is 2.82. The van der Waals surface area contributed by atoms with E-state index in [1.807, 2.05) is 6.92 Å². The number of carboxylic acids is 1. The van der Waals surface area contributed by atoms with Gasteiger partial charge < -0.3 is 15.7 Å². The average Bonchev–Trinajstić information content (AvgIpc) is 2.39. The van der Waals surface area contributed by atoms with Gasteiger partial charge in [-0.3, -0.25) is 4.79 Å². The van der Waals surface area contributed by atoms with Crippen LogP contribution in [0.15, 0.2) is 18.2 Å². The van der Waals surface area contributed by atoms with E-state index in [-0.39, 0.29) is 11.5 Å². The molecule has 0 aromatic heterocycles. The van der Waals surface area contributed by atoms with E-state index in [4.69, 9.17) is 0 Å². The van der Waals surface area contributed by atoms with Crippen LogP contribution in [-0.4, -0.2) is 29.1 Å². The Morgan fingerprint density at radius 1 is 1.35 bits per heavy atom. The predicted molar refractivity (Wildman–Crippen MR) is 77.0 cm³/mol.